The molecule has 0 aromatic heterocycles. The molecule has 0 amide bonds. The molecule has 0 saturated heterocycles. The second kappa shape index (κ2) is 5.86. The van der Waals surface area contributed by atoms with Crippen molar-refractivity contribution >= 4 is 0 Å². The first kappa shape index (κ1) is 11.4. The maximum absolute atomic E-state index is 6.22. The summed E-state index contributed by atoms with van der Waals surface area (Å²) in [5.41, 5.74) is 6.22. The molecule has 2 rings (SSSR count). The van der Waals surface area contributed by atoms with Crippen LogP contribution in [0.1, 0.15) is 57.8 Å². The zero-order valence-corrected chi connectivity index (χ0v) is 9.88. The van der Waals surface area contributed by atoms with Crippen LogP contribution in [0, 0.1) is 5.92 Å². The van der Waals surface area contributed by atoms with Gasteiger partial charge in [-0.15, -0.1) is 0 Å². The summed E-state index contributed by atoms with van der Waals surface area (Å²) in [5.74, 6) is 0.744. The van der Waals surface area contributed by atoms with Crippen LogP contribution in [-0.4, -0.2) is 18.6 Å². The second-order valence-corrected chi connectivity index (χ2v) is 5.45. The molecule has 2 unspecified atom stereocenters. The summed E-state index contributed by atoms with van der Waals surface area (Å²) in [5, 5.41) is 3.73. The Kier molecular flexibility index (Phi) is 4.45. The summed E-state index contributed by atoms with van der Waals surface area (Å²) in [6.45, 7) is 1.17. The fourth-order valence-electron chi connectivity index (χ4n) is 3.11. The minimum Gasteiger partial charge on any atom is -0.327 e. The van der Waals surface area contributed by atoms with Gasteiger partial charge in [-0.1, -0.05) is 32.1 Å². The minimum absolute atomic E-state index is 0.460. The van der Waals surface area contributed by atoms with Crippen molar-refractivity contribution < 1.29 is 0 Å². The summed E-state index contributed by atoms with van der Waals surface area (Å²) >= 11 is 0. The van der Waals surface area contributed by atoms with E-state index in [0.29, 0.717) is 6.04 Å². The number of nitrogens with one attached hydrogen (secondary N) is 1. The molecular formula is C13H26N2. The SMILES string of the molecule is NC1CCCCCC1CNC1CCCC1. The first-order chi connectivity index (χ1) is 7.36. The molecule has 2 heteroatoms. The molecule has 0 aromatic carbocycles. The average Bonchev–Trinajstić information content (AvgIpc) is 2.67. The molecule has 2 aliphatic rings. The van der Waals surface area contributed by atoms with Gasteiger partial charge in [-0.05, 0) is 38.1 Å². The zero-order chi connectivity index (χ0) is 10.5. The first-order valence-corrected chi connectivity index (χ1v) is 6.85. The van der Waals surface area contributed by atoms with Gasteiger partial charge in [0, 0.05) is 12.1 Å². The smallest absolute Gasteiger partial charge is 0.00792 e. The van der Waals surface area contributed by atoms with Gasteiger partial charge in [0.05, 0.1) is 0 Å². The quantitative estimate of drug-likeness (QED) is 0.702. The van der Waals surface area contributed by atoms with Crippen LogP contribution in [0.25, 0.3) is 0 Å². The normalized spacial score (nSPS) is 34.2. The van der Waals surface area contributed by atoms with Crippen molar-refractivity contribution in [2.75, 3.05) is 6.54 Å². The summed E-state index contributed by atoms with van der Waals surface area (Å²) in [6, 6.07) is 1.27. The van der Waals surface area contributed by atoms with Crippen LogP contribution in [0.5, 0.6) is 0 Å². The maximum atomic E-state index is 6.22. The molecule has 0 aliphatic heterocycles. The van der Waals surface area contributed by atoms with Crippen LogP contribution >= 0.6 is 0 Å². The lowest BCUT2D eigenvalue weighted by molar-refractivity contribution is 0.353. The highest BCUT2D eigenvalue weighted by Gasteiger charge is 2.22. The standard InChI is InChI=1S/C13H26N2/c14-13-9-3-1-2-6-11(13)10-15-12-7-4-5-8-12/h11-13,15H,1-10,14H2. The monoisotopic (exact) mass is 210 g/mol. The van der Waals surface area contributed by atoms with Gasteiger partial charge in [0.25, 0.3) is 0 Å². The van der Waals surface area contributed by atoms with Crippen LogP contribution in [0.4, 0.5) is 0 Å². The Morgan fingerprint density at radius 3 is 2.33 bits per heavy atom. The van der Waals surface area contributed by atoms with E-state index in [2.05, 4.69) is 5.32 Å². The van der Waals surface area contributed by atoms with Crippen LogP contribution in [-0.2, 0) is 0 Å². The molecule has 0 radical (unpaired) electrons. The molecule has 0 aromatic rings. The summed E-state index contributed by atoms with van der Waals surface area (Å²) in [6.07, 6.45) is 12.4. The van der Waals surface area contributed by atoms with Gasteiger partial charge in [0.15, 0.2) is 0 Å². The molecule has 0 bridgehead atoms. The van der Waals surface area contributed by atoms with E-state index in [0.717, 1.165) is 12.0 Å². The molecule has 2 saturated carbocycles. The summed E-state index contributed by atoms with van der Waals surface area (Å²) in [4.78, 5) is 0. The molecule has 88 valence electrons. The van der Waals surface area contributed by atoms with Crippen molar-refractivity contribution in [2.24, 2.45) is 11.7 Å². The molecule has 3 N–H and O–H groups in total. The Morgan fingerprint density at radius 2 is 1.53 bits per heavy atom. The number of hydrogen-bond donors (Lipinski definition) is 2. The van der Waals surface area contributed by atoms with Crippen molar-refractivity contribution in [1.82, 2.24) is 5.32 Å². The molecular weight excluding hydrogens is 184 g/mol. The van der Waals surface area contributed by atoms with Crippen molar-refractivity contribution in [3.8, 4) is 0 Å². The molecule has 2 fully saturated rings. The van der Waals surface area contributed by atoms with Crippen molar-refractivity contribution in [1.29, 1.82) is 0 Å². The van der Waals surface area contributed by atoms with E-state index in [4.69, 9.17) is 5.73 Å². The van der Waals surface area contributed by atoms with E-state index in [-0.39, 0.29) is 0 Å². The van der Waals surface area contributed by atoms with Gasteiger partial charge in [-0.2, -0.15) is 0 Å². The predicted octanol–water partition coefficient (Wildman–Crippen LogP) is 2.43. The second-order valence-electron chi connectivity index (χ2n) is 5.45. The minimum atomic E-state index is 0.460. The molecule has 2 nitrogen and oxygen atoms in total. The predicted molar refractivity (Wildman–Crippen MR) is 64.8 cm³/mol. The highest BCUT2D eigenvalue weighted by molar-refractivity contribution is 4.81. The van der Waals surface area contributed by atoms with Gasteiger partial charge in [-0.3, -0.25) is 0 Å². The lowest BCUT2D eigenvalue weighted by Crippen LogP contribution is -2.39. The Bertz CT molecular complexity index is 175. The first-order valence-electron chi connectivity index (χ1n) is 6.85. The molecule has 0 heterocycles. The largest absolute Gasteiger partial charge is 0.327 e. The fourth-order valence-corrected chi connectivity index (χ4v) is 3.11. The van der Waals surface area contributed by atoms with Gasteiger partial charge in [-0.25, -0.2) is 0 Å². The third-order valence-corrected chi connectivity index (χ3v) is 4.24. The highest BCUT2D eigenvalue weighted by Crippen LogP contribution is 2.23. The van der Waals surface area contributed by atoms with Crippen LogP contribution in [0.15, 0.2) is 0 Å². The van der Waals surface area contributed by atoms with Crippen LogP contribution in [0.2, 0.25) is 0 Å². The van der Waals surface area contributed by atoms with E-state index in [9.17, 15) is 0 Å². The van der Waals surface area contributed by atoms with Gasteiger partial charge in [0.2, 0.25) is 0 Å². The van der Waals surface area contributed by atoms with Gasteiger partial charge >= 0.3 is 0 Å². The Balaban J connectivity index is 1.71. The number of hydrogen-bond acceptors (Lipinski definition) is 2. The van der Waals surface area contributed by atoms with E-state index in [1.54, 1.807) is 0 Å². The van der Waals surface area contributed by atoms with Crippen molar-refractivity contribution in [2.45, 2.75) is 69.9 Å². The zero-order valence-electron chi connectivity index (χ0n) is 9.88. The van der Waals surface area contributed by atoms with E-state index < -0.39 is 0 Å². The lowest BCUT2D eigenvalue weighted by Gasteiger charge is -2.23. The van der Waals surface area contributed by atoms with E-state index in [1.807, 2.05) is 0 Å². The van der Waals surface area contributed by atoms with Gasteiger partial charge in [0.1, 0.15) is 0 Å². The Labute approximate surface area is 94.0 Å². The Hall–Kier alpha value is -0.0800. The number of nitrogens with two attached hydrogens (primary N) is 1. The van der Waals surface area contributed by atoms with Crippen LogP contribution < -0.4 is 11.1 Å². The third kappa shape index (κ3) is 3.46. The topological polar surface area (TPSA) is 38.0 Å². The molecule has 2 aliphatic carbocycles. The summed E-state index contributed by atoms with van der Waals surface area (Å²) in [7, 11) is 0. The number of rotatable bonds is 3. The van der Waals surface area contributed by atoms with E-state index >= 15 is 0 Å². The lowest BCUT2D eigenvalue weighted by atomic mass is 9.95. The molecule has 0 spiro atoms. The summed E-state index contributed by atoms with van der Waals surface area (Å²) < 4.78 is 0. The van der Waals surface area contributed by atoms with Crippen molar-refractivity contribution in [3.05, 3.63) is 0 Å². The van der Waals surface area contributed by atoms with Crippen LogP contribution in [0.3, 0.4) is 0 Å². The van der Waals surface area contributed by atoms with Crippen molar-refractivity contribution in [3.63, 3.8) is 0 Å². The molecule has 2 atom stereocenters. The highest BCUT2D eigenvalue weighted by atomic mass is 14.9. The third-order valence-electron chi connectivity index (χ3n) is 4.24. The Morgan fingerprint density at radius 1 is 0.867 bits per heavy atom. The van der Waals surface area contributed by atoms with E-state index in [1.165, 1.54) is 64.3 Å². The average molecular weight is 210 g/mol. The maximum Gasteiger partial charge on any atom is 0.00792 e. The van der Waals surface area contributed by atoms with Gasteiger partial charge < -0.3 is 11.1 Å². The molecule has 15 heavy (non-hydrogen) atoms. The fraction of sp³-hybridized carbons (Fsp3) is 1.00.